The van der Waals surface area contributed by atoms with E-state index in [2.05, 4.69) is 0 Å². The van der Waals surface area contributed by atoms with Crippen molar-refractivity contribution in [3.8, 4) is 16.9 Å². The number of aliphatic hydroxyl groups is 1. The van der Waals surface area contributed by atoms with Gasteiger partial charge in [0.2, 0.25) is 6.29 Å². The summed E-state index contributed by atoms with van der Waals surface area (Å²) < 4.78 is 5.06. The summed E-state index contributed by atoms with van der Waals surface area (Å²) in [6.45, 7) is 0. The second-order valence-corrected chi connectivity index (χ2v) is 5.24. The van der Waals surface area contributed by atoms with Crippen molar-refractivity contribution in [3.63, 3.8) is 0 Å². The van der Waals surface area contributed by atoms with Crippen LogP contribution in [0.15, 0.2) is 54.6 Å². The highest BCUT2D eigenvalue weighted by molar-refractivity contribution is 6.09. The molecule has 0 aliphatic carbocycles. The van der Waals surface area contributed by atoms with E-state index in [4.69, 9.17) is 4.74 Å². The van der Waals surface area contributed by atoms with Crippen LogP contribution in [0.5, 0.6) is 5.75 Å². The molecular weight excluding hydrogens is 280 g/mol. The summed E-state index contributed by atoms with van der Waals surface area (Å²) in [7, 11) is 0. The molecule has 22 heavy (non-hydrogen) atoms. The van der Waals surface area contributed by atoms with Crippen LogP contribution in [0.25, 0.3) is 21.9 Å². The van der Waals surface area contributed by atoms with E-state index in [0.717, 1.165) is 21.9 Å². The van der Waals surface area contributed by atoms with Gasteiger partial charge in [-0.3, -0.25) is 0 Å². The monoisotopic (exact) mass is 292 g/mol. The Labute approximate surface area is 126 Å². The fraction of sp³-hybridized carbons (Fsp3) is 0.0556. The first kappa shape index (κ1) is 12.9. The lowest BCUT2D eigenvalue weighted by molar-refractivity contribution is -0.0682. The van der Waals surface area contributed by atoms with Crippen molar-refractivity contribution in [3.05, 3.63) is 65.7 Å². The molecule has 0 radical (unpaired) electrons. The van der Waals surface area contributed by atoms with Gasteiger partial charge in [0.25, 0.3) is 0 Å². The molecule has 2 N–H and O–H groups in total. The van der Waals surface area contributed by atoms with E-state index in [1.165, 1.54) is 0 Å². The highest BCUT2D eigenvalue weighted by atomic mass is 16.6. The second-order valence-electron chi connectivity index (χ2n) is 5.24. The number of carbonyl (C=O) groups is 1. The summed E-state index contributed by atoms with van der Waals surface area (Å²) >= 11 is 0. The number of benzene rings is 3. The number of cyclic esters (lactones) is 1. The molecule has 1 aliphatic rings. The van der Waals surface area contributed by atoms with E-state index in [0.29, 0.717) is 11.1 Å². The van der Waals surface area contributed by atoms with Gasteiger partial charge in [-0.2, -0.15) is 0 Å². The van der Waals surface area contributed by atoms with Gasteiger partial charge < -0.3 is 14.9 Å². The molecule has 1 aliphatic heterocycles. The zero-order valence-electron chi connectivity index (χ0n) is 11.5. The van der Waals surface area contributed by atoms with Crippen molar-refractivity contribution in [2.75, 3.05) is 0 Å². The number of ether oxygens (including phenoxy) is 1. The van der Waals surface area contributed by atoms with E-state index < -0.39 is 12.3 Å². The average Bonchev–Trinajstić information content (AvgIpc) is 2.53. The number of phenolic OH excluding ortho intramolecular Hbond substituents is 1. The Kier molecular flexibility index (Phi) is 2.68. The van der Waals surface area contributed by atoms with E-state index in [9.17, 15) is 15.0 Å². The topological polar surface area (TPSA) is 66.8 Å². The van der Waals surface area contributed by atoms with Crippen molar-refractivity contribution < 1.29 is 19.7 Å². The van der Waals surface area contributed by atoms with E-state index in [-0.39, 0.29) is 5.75 Å². The first-order chi connectivity index (χ1) is 10.6. The quantitative estimate of drug-likeness (QED) is 0.675. The fourth-order valence-corrected chi connectivity index (χ4v) is 2.95. The molecule has 1 heterocycles. The first-order valence-corrected chi connectivity index (χ1v) is 6.89. The van der Waals surface area contributed by atoms with E-state index in [1.807, 2.05) is 18.2 Å². The molecule has 0 saturated heterocycles. The van der Waals surface area contributed by atoms with E-state index in [1.54, 1.807) is 36.4 Å². The third kappa shape index (κ3) is 1.78. The summed E-state index contributed by atoms with van der Waals surface area (Å²) in [6, 6.07) is 15.9. The molecule has 4 rings (SSSR count). The number of aliphatic hydroxyl groups excluding tert-OH is 1. The number of rotatable bonds is 1. The molecule has 0 amide bonds. The van der Waals surface area contributed by atoms with Gasteiger partial charge in [0, 0.05) is 10.9 Å². The standard InChI is InChI=1S/C18H12O4/c19-12-7-4-10(5-8-12)13-9-6-11-2-1-3-14-15(11)16(13)18(21)22-17(14)20/h1-9,18-19,21H. The Balaban J connectivity index is 2.08. The maximum Gasteiger partial charge on any atom is 0.341 e. The van der Waals surface area contributed by atoms with Crippen molar-refractivity contribution in [2.24, 2.45) is 0 Å². The van der Waals surface area contributed by atoms with Crippen LogP contribution >= 0.6 is 0 Å². The molecule has 3 aromatic rings. The van der Waals surface area contributed by atoms with Crippen molar-refractivity contribution >= 4 is 16.7 Å². The van der Waals surface area contributed by atoms with Crippen molar-refractivity contribution in [2.45, 2.75) is 6.29 Å². The summed E-state index contributed by atoms with van der Waals surface area (Å²) in [5, 5.41) is 21.3. The lowest BCUT2D eigenvalue weighted by Gasteiger charge is -2.24. The lowest BCUT2D eigenvalue weighted by atomic mass is 9.90. The van der Waals surface area contributed by atoms with Crippen LogP contribution in [0.4, 0.5) is 0 Å². The van der Waals surface area contributed by atoms with Gasteiger partial charge in [-0.15, -0.1) is 0 Å². The summed E-state index contributed by atoms with van der Waals surface area (Å²) in [6.07, 6.45) is -1.30. The second kappa shape index (κ2) is 4.58. The van der Waals surface area contributed by atoms with Gasteiger partial charge in [-0.25, -0.2) is 4.79 Å². The largest absolute Gasteiger partial charge is 0.508 e. The summed E-state index contributed by atoms with van der Waals surface area (Å²) in [5.41, 5.74) is 2.65. The molecule has 3 aromatic carbocycles. The number of carbonyl (C=O) groups excluding carboxylic acids is 1. The third-order valence-electron chi connectivity index (χ3n) is 3.95. The first-order valence-electron chi connectivity index (χ1n) is 6.89. The summed E-state index contributed by atoms with van der Waals surface area (Å²) in [5.74, 6) is -0.348. The minimum Gasteiger partial charge on any atom is -0.508 e. The highest BCUT2D eigenvalue weighted by Crippen LogP contribution is 2.40. The van der Waals surface area contributed by atoms with Gasteiger partial charge in [0.1, 0.15) is 5.75 Å². The van der Waals surface area contributed by atoms with Crippen LogP contribution in [-0.4, -0.2) is 16.2 Å². The smallest absolute Gasteiger partial charge is 0.341 e. The van der Waals surface area contributed by atoms with Crippen LogP contribution in [0.1, 0.15) is 22.2 Å². The number of esters is 1. The predicted molar refractivity (Wildman–Crippen MR) is 81.4 cm³/mol. The van der Waals surface area contributed by atoms with Crippen LogP contribution in [0.2, 0.25) is 0 Å². The Morgan fingerprint density at radius 3 is 2.45 bits per heavy atom. The molecule has 0 spiro atoms. The number of aromatic hydroxyl groups is 1. The third-order valence-corrected chi connectivity index (χ3v) is 3.95. The molecule has 1 unspecified atom stereocenters. The Hall–Kier alpha value is -2.85. The SMILES string of the molecule is O=C1OC(O)c2c(-c3ccc(O)cc3)ccc3cccc1c23. The summed E-state index contributed by atoms with van der Waals surface area (Å²) in [4.78, 5) is 12.0. The number of phenols is 1. The average molecular weight is 292 g/mol. The Bertz CT molecular complexity index is 897. The Morgan fingerprint density at radius 1 is 0.909 bits per heavy atom. The minimum atomic E-state index is -1.30. The maximum absolute atomic E-state index is 12.0. The van der Waals surface area contributed by atoms with E-state index >= 15 is 0 Å². The molecule has 0 saturated carbocycles. The zero-order chi connectivity index (χ0) is 15.3. The van der Waals surface area contributed by atoms with Crippen LogP contribution < -0.4 is 0 Å². The number of hydrogen-bond acceptors (Lipinski definition) is 4. The van der Waals surface area contributed by atoms with Crippen LogP contribution in [0, 0.1) is 0 Å². The lowest BCUT2D eigenvalue weighted by Crippen LogP contribution is -2.18. The fourth-order valence-electron chi connectivity index (χ4n) is 2.95. The van der Waals surface area contributed by atoms with Crippen LogP contribution in [0.3, 0.4) is 0 Å². The van der Waals surface area contributed by atoms with Gasteiger partial charge in [0.15, 0.2) is 0 Å². The van der Waals surface area contributed by atoms with Crippen molar-refractivity contribution in [1.82, 2.24) is 0 Å². The van der Waals surface area contributed by atoms with Gasteiger partial charge in [-0.05, 0) is 34.7 Å². The van der Waals surface area contributed by atoms with Gasteiger partial charge in [-0.1, -0.05) is 36.4 Å². The highest BCUT2D eigenvalue weighted by Gasteiger charge is 2.29. The molecule has 108 valence electrons. The molecule has 0 bridgehead atoms. The molecule has 4 nitrogen and oxygen atoms in total. The molecule has 0 fully saturated rings. The molecular formula is C18H12O4. The predicted octanol–water partition coefficient (Wildman–Crippen LogP) is 3.37. The van der Waals surface area contributed by atoms with Crippen LogP contribution in [-0.2, 0) is 4.74 Å². The molecule has 1 atom stereocenters. The van der Waals surface area contributed by atoms with Crippen molar-refractivity contribution in [1.29, 1.82) is 0 Å². The van der Waals surface area contributed by atoms with Gasteiger partial charge >= 0.3 is 5.97 Å². The molecule has 4 heteroatoms. The maximum atomic E-state index is 12.0. The number of hydrogen-bond donors (Lipinski definition) is 2. The normalized spacial score (nSPS) is 16.6. The molecule has 0 aromatic heterocycles. The zero-order valence-corrected chi connectivity index (χ0v) is 11.5. The minimum absolute atomic E-state index is 0.172. The Morgan fingerprint density at radius 2 is 1.68 bits per heavy atom. The van der Waals surface area contributed by atoms with Gasteiger partial charge in [0.05, 0.1) is 5.56 Å².